The minimum absolute atomic E-state index is 0.0379. The summed E-state index contributed by atoms with van der Waals surface area (Å²) in [6.45, 7) is 2.76. The monoisotopic (exact) mass is 440 g/mol. The highest BCUT2D eigenvalue weighted by Crippen LogP contribution is 2.44. The highest BCUT2D eigenvalue weighted by atomic mass is 16.5. The third-order valence-corrected chi connectivity index (χ3v) is 6.08. The molecule has 0 aromatic heterocycles. The van der Waals surface area contributed by atoms with Gasteiger partial charge < -0.3 is 25.6 Å². The SMILES string of the molecule is CCC(C)(CNC(=O)OCC1c2ccccc2-c2ccccc21)C(=O)N[C@H](CO)C(=O)O. The van der Waals surface area contributed by atoms with E-state index < -0.39 is 36.0 Å². The number of nitrogens with one attached hydrogen (secondary N) is 2. The zero-order chi connectivity index (χ0) is 23.3. The number of benzene rings is 2. The second-order valence-corrected chi connectivity index (χ2v) is 8.14. The summed E-state index contributed by atoms with van der Waals surface area (Å²) in [5.74, 6) is -1.97. The van der Waals surface area contributed by atoms with Crippen LogP contribution in [0.2, 0.25) is 0 Å². The van der Waals surface area contributed by atoms with Gasteiger partial charge in [-0.05, 0) is 35.6 Å². The van der Waals surface area contributed by atoms with Crippen LogP contribution in [0.4, 0.5) is 4.79 Å². The normalized spacial score (nSPS) is 15.1. The van der Waals surface area contributed by atoms with Crippen LogP contribution < -0.4 is 10.6 Å². The third-order valence-electron chi connectivity index (χ3n) is 6.08. The molecule has 0 radical (unpaired) electrons. The number of carboxylic acid groups (broad SMARTS) is 1. The Morgan fingerprint density at radius 1 is 1.06 bits per heavy atom. The van der Waals surface area contributed by atoms with Gasteiger partial charge in [-0.15, -0.1) is 0 Å². The molecule has 0 fully saturated rings. The first kappa shape index (κ1) is 23.3. The maximum Gasteiger partial charge on any atom is 0.407 e. The van der Waals surface area contributed by atoms with Gasteiger partial charge in [-0.3, -0.25) is 4.79 Å². The van der Waals surface area contributed by atoms with Gasteiger partial charge >= 0.3 is 12.1 Å². The van der Waals surface area contributed by atoms with E-state index in [4.69, 9.17) is 14.9 Å². The topological polar surface area (TPSA) is 125 Å². The fourth-order valence-corrected chi connectivity index (χ4v) is 3.80. The highest BCUT2D eigenvalue weighted by Gasteiger charge is 2.35. The largest absolute Gasteiger partial charge is 0.480 e. The maximum atomic E-state index is 12.5. The molecule has 0 saturated heterocycles. The van der Waals surface area contributed by atoms with Gasteiger partial charge in [-0.1, -0.05) is 55.5 Å². The van der Waals surface area contributed by atoms with Gasteiger partial charge in [0.25, 0.3) is 0 Å². The number of rotatable bonds is 9. The number of amides is 2. The van der Waals surface area contributed by atoms with Gasteiger partial charge in [0.05, 0.1) is 12.0 Å². The average molecular weight is 440 g/mol. The van der Waals surface area contributed by atoms with Crippen LogP contribution in [0.25, 0.3) is 11.1 Å². The third kappa shape index (κ3) is 4.75. The van der Waals surface area contributed by atoms with E-state index in [9.17, 15) is 14.4 Å². The van der Waals surface area contributed by atoms with Crippen molar-refractivity contribution in [1.29, 1.82) is 0 Å². The number of hydrogen-bond donors (Lipinski definition) is 4. The van der Waals surface area contributed by atoms with Gasteiger partial charge in [0.15, 0.2) is 0 Å². The van der Waals surface area contributed by atoms with Crippen LogP contribution in [-0.2, 0) is 14.3 Å². The first-order chi connectivity index (χ1) is 15.3. The van der Waals surface area contributed by atoms with Crippen molar-refractivity contribution in [1.82, 2.24) is 10.6 Å². The number of aliphatic hydroxyl groups excluding tert-OH is 1. The predicted octanol–water partition coefficient (Wildman–Crippen LogP) is 2.50. The van der Waals surface area contributed by atoms with Gasteiger partial charge in [0.2, 0.25) is 5.91 Å². The van der Waals surface area contributed by atoms with Crippen LogP contribution in [0, 0.1) is 5.41 Å². The predicted molar refractivity (Wildman–Crippen MR) is 118 cm³/mol. The van der Waals surface area contributed by atoms with Gasteiger partial charge in [-0.2, -0.15) is 0 Å². The van der Waals surface area contributed by atoms with E-state index in [2.05, 4.69) is 22.8 Å². The second-order valence-electron chi connectivity index (χ2n) is 8.14. The molecule has 8 heteroatoms. The van der Waals surface area contributed by atoms with E-state index in [1.807, 2.05) is 36.4 Å². The molecule has 3 rings (SSSR count). The fraction of sp³-hybridized carbons (Fsp3) is 0.375. The molecule has 2 amide bonds. The summed E-state index contributed by atoms with van der Waals surface area (Å²) < 4.78 is 5.48. The number of aliphatic carboxylic acids is 1. The van der Waals surface area contributed by atoms with Crippen LogP contribution in [0.3, 0.4) is 0 Å². The molecular weight excluding hydrogens is 412 g/mol. The van der Waals surface area contributed by atoms with Gasteiger partial charge in [-0.25, -0.2) is 9.59 Å². The molecule has 4 N–H and O–H groups in total. The van der Waals surface area contributed by atoms with E-state index in [1.165, 1.54) is 0 Å². The molecule has 170 valence electrons. The molecule has 32 heavy (non-hydrogen) atoms. The Balaban J connectivity index is 1.60. The van der Waals surface area contributed by atoms with Crippen molar-refractivity contribution in [2.75, 3.05) is 19.8 Å². The van der Waals surface area contributed by atoms with Crippen molar-refractivity contribution in [3.05, 3.63) is 59.7 Å². The number of alkyl carbamates (subject to hydrolysis) is 1. The first-order valence-corrected chi connectivity index (χ1v) is 10.5. The number of ether oxygens (including phenoxy) is 1. The van der Waals surface area contributed by atoms with Crippen molar-refractivity contribution in [2.24, 2.45) is 5.41 Å². The van der Waals surface area contributed by atoms with E-state index in [1.54, 1.807) is 13.8 Å². The molecule has 2 atom stereocenters. The van der Waals surface area contributed by atoms with E-state index in [0.29, 0.717) is 6.42 Å². The lowest BCUT2D eigenvalue weighted by molar-refractivity contribution is -0.144. The Bertz CT molecular complexity index is 962. The summed E-state index contributed by atoms with van der Waals surface area (Å²) in [5, 5.41) is 23.1. The number of carboxylic acids is 1. The molecule has 2 aromatic rings. The Morgan fingerprint density at radius 3 is 2.12 bits per heavy atom. The zero-order valence-electron chi connectivity index (χ0n) is 18.1. The lowest BCUT2D eigenvalue weighted by Gasteiger charge is -2.28. The maximum absolute atomic E-state index is 12.5. The van der Waals surface area contributed by atoms with Crippen molar-refractivity contribution in [3.8, 4) is 11.1 Å². The lowest BCUT2D eigenvalue weighted by atomic mass is 9.86. The number of fused-ring (bicyclic) bond motifs is 3. The van der Waals surface area contributed by atoms with Crippen molar-refractivity contribution < 1.29 is 29.3 Å². The summed E-state index contributed by atoms with van der Waals surface area (Å²) in [6, 6.07) is 14.6. The van der Waals surface area contributed by atoms with Crippen LogP contribution in [0.15, 0.2) is 48.5 Å². The smallest absolute Gasteiger partial charge is 0.407 e. The second kappa shape index (κ2) is 9.82. The molecule has 8 nitrogen and oxygen atoms in total. The Hall–Kier alpha value is -3.39. The molecule has 0 heterocycles. The standard InChI is InChI=1S/C24H28N2O6/c1-3-24(2,22(30)26-20(12-27)21(28)29)14-25-23(31)32-13-19-17-10-6-4-8-15(17)16-9-5-7-11-18(16)19/h4-11,19-20,27H,3,12-14H2,1-2H3,(H,25,31)(H,26,30)(H,28,29)/t20-,24?/m1/s1. The number of carbonyl (C=O) groups excluding carboxylic acids is 2. The fourth-order valence-electron chi connectivity index (χ4n) is 3.80. The van der Waals surface area contributed by atoms with E-state index in [-0.39, 0.29) is 19.1 Å². The Labute approximate surface area is 186 Å². The number of aliphatic hydroxyl groups is 1. The molecule has 0 aliphatic heterocycles. The van der Waals surface area contributed by atoms with Gasteiger partial charge in [0.1, 0.15) is 12.6 Å². The van der Waals surface area contributed by atoms with Crippen molar-refractivity contribution in [3.63, 3.8) is 0 Å². The number of hydrogen-bond acceptors (Lipinski definition) is 5. The quantitative estimate of drug-likeness (QED) is 0.475. The average Bonchev–Trinajstić information content (AvgIpc) is 3.13. The molecule has 2 aromatic carbocycles. The van der Waals surface area contributed by atoms with Crippen molar-refractivity contribution >= 4 is 18.0 Å². The molecule has 0 bridgehead atoms. The molecular formula is C24H28N2O6. The summed E-state index contributed by atoms with van der Waals surface area (Å²) in [4.78, 5) is 36.0. The number of carbonyl (C=O) groups is 3. The van der Waals surface area contributed by atoms with E-state index in [0.717, 1.165) is 22.3 Å². The van der Waals surface area contributed by atoms with Gasteiger partial charge in [0, 0.05) is 12.5 Å². The summed E-state index contributed by atoms with van der Waals surface area (Å²) in [6.07, 6.45) is -0.309. The van der Waals surface area contributed by atoms with Crippen LogP contribution in [-0.4, -0.2) is 54.0 Å². The minimum Gasteiger partial charge on any atom is -0.480 e. The molecule has 1 aliphatic rings. The minimum atomic E-state index is -1.40. The summed E-state index contributed by atoms with van der Waals surface area (Å²) in [7, 11) is 0. The first-order valence-electron chi connectivity index (χ1n) is 10.5. The van der Waals surface area contributed by atoms with Crippen LogP contribution in [0.5, 0.6) is 0 Å². The van der Waals surface area contributed by atoms with Crippen LogP contribution in [0.1, 0.15) is 37.3 Å². The van der Waals surface area contributed by atoms with Crippen LogP contribution >= 0.6 is 0 Å². The Kier molecular flexibility index (Phi) is 7.15. The van der Waals surface area contributed by atoms with E-state index >= 15 is 0 Å². The molecule has 0 saturated carbocycles. The lowest BCUT2D eigenvalue weighted by Crippen LogP contribution is -2.52. The molecule has 1 unspecified atom stereocenters. The summed E-state index contributed by atoms with van der Waals surface area (Å²) >= 11 is 0. The zero-order valence-corrected chi connectivity index (χ0v) is 18.1. The highest BCUT2D eigenvalue weighted by molar-refractivity contribution is 5.87. The molecule has 1 aliphatic carbocycles. The summed E-state index contributed by atoms with van der Waals surface area (Å²) in [5.41, 5.74) is 3.40. The Morgan fingerprint density at radius 2 is 1.62 bits per heavy atom. The molecule has 0 spiro atoms. The van der Waals surface area contributed by atoms with Crippen molar-refractivity contribution in [2.45, 2.75) is 32.2 Å².